The number of anilines is 1. The number of halogens is 2. The van der Waals surface area contributed by atoms with E-state index in [0.717, 1.165) is 29.5 Å². The Morgan fingerprint density at radius 2 is 2.00 bits per heavy atom. The van der Waals surface area contributed by atoms with Crippen molar-refractivity contribution in [2.24, 2.45) is 10.4 Å². The first kappa shape index (κ1) is 14.3. The fourth-order valence-corrected chi connectivity index (χ4v) is 2.83. The van der Waals surface area contributed by atoms with Crippen LogP contribution in [0.4, 0.5) is 14.5 Å². The average molecular weight is 284 g/mol. The van der Waals surface area contributed by atoms with Crippen LogP contribution in [0.5, 0.6) is 0 Å². The summed E-state index contributed by atoms with van der Waals surface area (Å²) in [7, 11) is 0. The first-order valence-electron chi connectivity index (χ1n) is 6.29. The van der Waals surface area contributed by atoms with Crippen LogP contribution in [0.15, 0.2) is 23.2 Å². The first-order chi connectivity index (χ1) is 8.86. The Balaban J connectivity index is 2.14. The third-order valence-corrected chi connectivity index (χ3v) is 3.99. The highest BCUT2D eigenvalue weighted by molar-refractivity contribution is 8.14. The zero-order chi connectivity index (χ0) is 14.0. The molecule has 5 heteroatoms. The summed E-state index contributed by atoms with van der Waals surface area (Å²) < 4.78 is 26.0. The fraction of sp³-hybridized carbons (Fsp3) is 0.500. The van der Waals surface area contributed by atoms with Crippen molar-refractivity contribution in [3.8, 4) is 0 Å². The van der Waals surface area contributed by atoms with Crippen molar-refractivity contribution in [2.75, 3.05) is 11.1 Å². The maximum Gasteiger partial charge on any atom is 0.161 e. The molecule has 0 bridgehead atoms. The normalized spacial score (nSPS) is 20.1. The van der Waals surface area contributed by atoms with Gasteiger partial charge >= 0.3 is 0 Å². The standard InChI is InChI=1S/C14H18F2N2S/c1-14(2,3)12-6-7-19-13(18-12)17-9-4-5-10(15)11(16)8-9/h4-5,8,12H,6-7H2,1-3H3,(H,17,18). The van der Waals surface area contributed by atoms with E-state index in [1.165, 1.54) is 6.07 Å². The third-order valence-electron chi connectivity index (χ3n) is 3.07. The van der Waals surface area contributed by atoms with Crippen molar-refractivity contribution in [1.29, 1.82) is 0 Å². The molecule has 2 rings (SSSR count). The van der Waals surface area contributed by atoms with Gasteiger partial charge < -0.3 is 5.32 Å². The van der Waals surface area contributed by atoms with E-state index in [2.05, 4.69) is 31.1 Å². The molecular formula is C14H18F2N2S. The first-order valence-corrected chi connectivity index (χ1v) is 7.27. The molecule has 2 nitrogen and oxygen atoms in total. The molecule has 1 aromatic rings. The van der Waals surface area contributed by atoms with Gasteiger partial charge in [0.05, 0.1) is 6.04 Å². The van der Waals surface area contributed by atoms with Crippen molar-refractivity contribution in [3.63, 3.8) is 0 Å². The van der Waals surface area contributed by atoms with Gasteiger partial charge in [0.15, 0.2) is 16.8 Å². The highest BCUT2D eigenvalue weighted by Gasteiger charge is 2.27. The Morgan fingerprint density at radius 1 is 1.26 bits per heavy atom. The lowest BCUT2D eigenvalue weighted by molar-refractivity contribution is 0.316. The molecule has 1 heterocycles. The topological polar surface area (TPSA) is 24.4 Å². The van der Waals surface area contributed by atoms with Crippen molar-refractivity contribution >= 4 is 22.6 Å². The summed E-state index contributed by atoms with van der Waals surface area (Å²) in [6.07, 6.45) is 1.04. The van der Waals surface area contributed by atoms with E-state index in [9.17, 15) is 8.78 Å². The largest absolute Gasteiger partial charge is 0.335 e. The molecule has 0 saturated heterocycles. The molecule has 1 unspecified atom stereocenters. The van der Waals surface area contributed by atoms with Crippen molar-refractivity contribution in [2.45, 2.75) is 33.2 Å². The molecule has 0 spiro atoms. The van der Waals surface area contributed by atoms with Crippen LogP contribution in [0.2, 0.25) is 0 Å². The summed E-state index contributed by atoms with van der Waals surface area (Å²) in [6, 6.07) is 4.04. The van der Waals surface area contributed by atoms with E-state index in [0.29, 0.717) is 5.69 Å². The van der Waals surface area contributed by atoms with Gasteiger partial charge in [-0.3, -0.25) is 4.99 Å². The Kier molecular flexibility index (Phi) is 4.13. The zero-order valence-electron chi connectivity index (χ0n) is 11.3. The lowest BCUT2D eigenvalue weighted by atomic mass is 9.85. The highest BCUT2D eigenvalue weighted by atomic mass is 32.2. The molecule has 1 aliphatic rings. The number of amidine groups is 1. The van der Waals surface area contributed by atoms with E-state index in [4.69, 9.17) is 0 Å². The van der Waals surface area contributed by atoms with Gasteiger partial charge in [0, 0.05) is 17.5 Å². The quantitative estimate of drug-likeness (QED) is 0.832. The maximum absolute atomic E-state index is 13.1. The molecule has 0 fully saturated rings. The van der Waals surface area contributed by atoms with Crippen LogP contribution in [0.3, 0.4) is 0 Å². The molecule has 0 radical (unpaired) electrons. The summed E-state index contributed by atoms with van der Waals surface area (Å²) >= 11 is 1.61. The Bertz CT molecular complexity index is 495. The lowest BCUT2D eigenvalue weighted by Gasteiger charge is -2.31. The average Bonchev–Trinajstić information content (AvgIpc) is 2.33. The number of nitrogens with one attached hydrogen (secondary N) is 1. The summed E-state index contributed by atoms with van der Waals surface area (Å²) in [6.45, 7) is 6.48. The monoisotopic (exact) mass is 284 g/mol. The Labute approximate surface area is 116 Å². The van der Waals surface area contributed by atoms with Crippen molar-refractivity contribution < 1.29 is 8.78 Å². The highest BCUT2D eigenvalue weighted by Crippen LogP contribution is 2.31. The fourth-order valence-electron chi connectivity index (χ4n) is 1.90. The third kappa shape index (κ3) is 3.69. The van der Waals surface area contributed by atoms with Crippen molar-refractivity contribution in [1.82, 2.24) is 0 Å². The van der Waals surface area contributed by atoms with Crippen LogP contribution in [-0.4, -0.2) is 17.0 Å². The second kappa shape index (κ2) is 5.49. The molecular weight excluding hydrogens is 266 g/mol. The van der Waals surface area contributed by atoms with Crippen molar-refractivity contribution in [3.05, 3.63) is 29.8 Å². The van der Waals surface area contributed by atoms with Crippen LogP contribution >= 0.6 is 11.8 Å². The van der Waals surface area contributed by atoms with Crippen LogP contribution in [0, 0.1) is 17.0 Å². The smallest absolute Gasteiger partial charge is 0.161 e. The van der Waals surface area contributed by atoms with Gasteiger partial charge in [-0.2, -0.15) is 0 Å². The van der Waals surface area contributed by atoms with E-state index in [-0.39, 0.29) is 11.5 Å². The molecule has 1 aliphatic heterocycles. The molecule has 0 amide bonds. The number of thioether (sulfide) groups is 1. The summed E-state index contributed by atoms with van der Waals surface area (Å²) in [5, 5.41) is 3.83. The summed E-state index contributed by atoms with van der Waals surface area (Å²) in [4.78, 5) is 4.65. The van der Waals surface area contributed by atoms with Crippen LogP contribution in [-0.2, 0) is 0 Å². The zero-order valence-corrected chi connectivity index (χ0v) is 12.2. The maximum atomic E-state index is 13.1. The summed E-state index contributed by atoms with van der Waals surface area (Å²) in [5.41, 5.74) is 0.641. The number of rotatable bonds is 1. The van der Waals surface area contributed by atoms with Crippen LogP contribution in [0.1, 0.15) is 27.2 Å². The minimum Gasteiger partial charge on any atom is -0.335 e. The second-order valence-corrected chi connectivity index (χ2v) is 6.79. The van der Waals surface area contributed by atoms with Gasteiger partial charge in [-0.15, -0.1) is 0 Å². The predicted octanol–water partition coefficient (Wildman–Crippen LogP) is 4.28. The summed E-state index contributed by atoms with van der Waals surface area (Å²) in [5.74, 6) is -0.701. The van der Waals surface area contributed by atoms with Crippen LogP contribution in [0.25, 0.3) is 0 Å². The SMILES string of the molecule is CC(C)(C)C1CCSC(Nc2ccc(F)c(F)c2)=N1. The number of hydrogen-bond donors (Lipinski definition) is 1. The molecule has 0 aromatic heterocycles. The molecule has 1 aromatic carbocycles. The minimum absolute atomic E-state index is 0.113. The second-order valence-electron chi connectivity index (χ2n) is 5.71. The number of benzene rings is 1. The number of aliphatic imine (C=N–C) groups is 1. The van der Waals surface area contributed by atoms with Gasteiger partial charge in [-0.25, -0.2) is 8.78 Å². The molecule has 0 aliphatic carbocycles. The molecule has 0 saturated carbocycles. The number of nitrogens with zero attached hydrogens (tertiary/aromatic N) is 1. The molecule has 1 N–H and O–H groups in total. The van der Waals surface area contributed by atoms with Gasteiger partial charge in [0.25, 0.3) is 0 Å². The van der Waals surface area contributed by atoms with Gasteiger partial charge in [-0.05, 0) is 24.0 Å². The van der Waals surface area contributed by atoms with E-state index in [1.54, 1.807) is 11.8 Å². The van der Waals surface area contributed by atoms with Gasteiger partial charge in [-0.1, -0.05) is 32.5 Å². The molecule has 1 atom stereocenters. The van der Waals surface area contributed by atoms with E-state index in [1.807, 2.05) is 0 Å². The van der Waals surface area contributed by atoms with Crippen LogP contribution < -0.4 is 5.32 Å². The number of hydrogen-bond acceptors (Lipinski definition) is 3. The van der Waals surface area contributed by atoms with Gasteiger partial charge in [0.1, 0.15) is 0 Å². The Hall–Kier alpha value is -1.10. The molecule has 19 heavy (non-hydrogen) atoms. The Morgan fingerprint density at radius 3 is 2.63 bits per heavy atom. The molecule has 104 valence electrons. The van der Waals surface area contributed by atoms with Gasteiger partial charge in [0.2, 0.25) is 0 Å². The van der Waals surface area contributed by atoms with E-state index >= 15 is 0 Å². The minimum atomic E-state index is -0.848. The predicted molar refractivity (Wildman–Crippen MR) is 77.7 cm³/mol. The lowest BCUT2D eigenvalue weighted by Crippen LogP contribution is -2.30. The van der Waals surface area contributed by atoms with E-state index < -0.39 is 11.6 Å².